The zero-order valence-corrected chi connectivity index (χ0v) is 10.4. The van der Waals surface area contributed by atoms with E-state index in [0.717, 1.165) is 0 Å². The highest BCUT2D eigenvalue weighted by molar-refractivity contribution is 6.35. The van der Waals surface area contributed by atoms with Gasteiger partial charge in [-0.25, -0.2) is 4.79 Å². The van der Waals surface area contributed by atoms with Gasteiger partial charge >= 0.3 is 5.97 Å². The molecule has 0 heterocycles. The number of carbonyl (C=O) groups is 2. The molecule has 2 aromatic rings. The topological polar surface area (TPSA) is 74.6 Å². The van der Waals surface area contributed by atoms with Crippen molar-refractivity contribution in [3.8, 4) is 5.75 Å². The molecule has 5 heteroatoms. The fourth-order valence-electron chi connectivity index (χ4n) is 1.74. The van der Waals surface area contributed by atoms with E-state index in [0.29, 0.717) is 0 Å². The van der Waals surface area contributed by atoms with Crippen molar-refractivity contribution in [3.05, 3.63) is 64.2 Å². The second-order valence-electron chi connectivity index (χ2n) is 3.82. The van der Waals surface area contributed by atoms with Crippen LogP contribution in [0.3, 0.4) is 0 Å². The predicted molar refractivity (Wildman–Crippen MR) is 70.0 cm³/mol. The molecule has 0 aliphatic carbocycles. The molecule has 0 saturated heterocycles. The molecule has 0 aromatic heterocycles. The maximum atomic E-state index is 12.3. The SMILES string of the molecule is O=C(c1ccccc1)c1c(O)ccc(Cl)c1C(=O)O. The number of carboxylic acids is 1. The van der Waals surface area contributed by atoms with Crippen molar-refractivity contribution in [2.45, 2.75) is 0 Å². The number of phenolic OH excluding ortho intramolecular Hbond substituents is 1. The van der Waals surface area contributed by atoms with Crippen LogP contribution < -0.4 is 0 Å². The van der Waals surface area contributed by atoms with E-state index in [1.54, 1.807) is 18.2 Å². The third-order valence-corrected chi connectivity index (χ3v) is 2.92. The molecule has 2 aromatic carbocycles. The third-order valence-electron chi connectivity index (χ3n) is 2.61. The van der Waals surface area contributed by atoms with Gasteiger partial charge in [0.2, 0.25) is 0 Å². The molecule has 0 radical (unpaired) electrons. The Bertz CT molecular complexity index is 650. The zero-order valence-electron chi connectivity index (χ0n) is 9.63. The Hall–Kier alpha value is -2.33. The summed E-state index contributed by atoms with van der Waals surface area (Å²) < 4.78 is 0. The minimum atomic E-state index is -1.36. The number of aromatic carboxylic acids is 1. The molecule has 0 aliphatic rings. The lowest BCUT2D eigenvalue weighted by Gasteiger charge is -2.09. The maximum Gasteiger partial charge on any atom is 0.338 e. The Balaban J connectivity index is 2.66. The molecule has 4 nitrogen and oxygen atoms in total. The van der Waals surface area contributed by atoms with E-state index in [2.05, 4.69) is 0 Å². The Morgan fingerprint density at radius 1 is 0.947 bits per heavy atom. The van der Waals surface area contributed by atoms with Gasteiger partial charge in [-0.05, 0) is 12.1 Å². The molecule has 0 atom stereocenters. The van der Waals surface area contributed by atoms with Gasteiger partial charge in [-0.15, -0.1) is 0 Å². The molecule has 0 aliphatic heterocycles. The highest BCUT2D eigenvalue weighted by Gasteiger charge is 2.24. The second-order valence-corrected chi connectivity index (χ2v) is 4.22. The van der Waals surface area contributed by atoms with Crippen molar-refractivity contribution in [2.75, 3.05) is 0 Å². The Morgan fingerprint density at radius 3 is 2.16 bits per heavy atom. The molecule has 0 saturated carbocycles. The summed E-state index contributed by atoms with van der Waals surface area (Å²) in [6.45, 7) is 0. The van der Waals surface area contributed by atoms with Crippen LogP contribution in [0.2, 0.25) is 5.02 Å². The van der Waals surface area contributed by atoms with Crippen molar-refractivity contribution in [1.82, 2.24) is 0 Å². The van der Waals surface area contributed by atoms with Crippen LogP contribution in [-0.4, -0.2) is 22.0 Å². The largest absolute Gasteiger partial charge is 0.507 e. The van der Waals surface area contributed by atoms with Gasteiger partial charge < -0.3 is 10.2 Å². The van der Waals surface area contributed by atoms with Crippen molar-refractivity contribution in [1.29, 1.82) is 0 Å². The van der Waals surface area contributed by atoms with Gasteiger partial charge in [0.05, 0.1) is 16.1 Å². The first-order chi connectivity index (χ1) is 9.02. The number of ketones is 1. The van der Waals surface area contributed by atoms with Crippen molar-refractivity contribution < 1.29 is 19.8 Å². The number of carboxylic acid groups (broad SMARTS) is 1. The van der Waals surface area contributed by atoms with Crippen LogP contribution in [0.5, 0.6) is 5.75 Å². The fraction of sp³-hybridized carbons (Fsp3) is 0. The van der Waals surface area contributed by atoms with Crippen molar-refractivity contribution in [2.24, 2.45) is 0 Å². The third kappa shape index (κ3) is 2.44. The first-order valence-corrected chi connectivity index (χ1v) is 5.74. The van der Waals surface area contributed by atoms with Gasteiger partial charge in [0.1, 0.15) is 5.75 Å². The van der Waals surface area contributed by atoms with Crippen molar-refractivity contribution in [3.63, 3.8) is 0 Å². The highest BCUT2D eigenvalue weighted by Crippen LogP contribution is 2.30. The normalized spacial score (nSPS) is 10.2. The van der Waals surface area contributed by atoms with E-state index >= 15 is 0 Å². The van der Waals surface area contributed by atoms with Crippen LogP contribution in [0, 0.1) is 0 Å². The number of benzene rings is 2. The van der Waals surface area contributed by atoms with Gasteiger partial charge in [0, 0.05) is 5.56 Å². The van der Waals surface area contributed by atoms with E-state index in [1.807, 2.05) is 0 Å². The lowest BCUT2D eigenvalue weighted by Crippen LogP contribution is -2.10. The molecule has 0 bridgehead atoms. The smallest absolute Gasteiger partial charge is 0.338 e. The van der Waals surface area contributed by atoms with Crippen molar-refractivity contribution >= 4 is 23.4 Å². The number of rotatable bonds is 3. The summed E-state index contributed by atoms with van der Waals surface area (Å²) >= 11 is 5.78. The lowest BCUT2D eigenvalue weighted by molar-refractivity contribution is 0.0692. The first-order valence-electron chi connectivity index (χ1n) is 5.37. The predicted octanol–water partition coefficient (Wildman–Crippen LogP) is 2.97. The van der Waals surface area contributed by atoms with Gasteiger partial charge in [-0.1, -0.05) is 41.9 Å². The number of carbonyl (C=O) groups excluding carboxylic acids is 1. The van der Waals surface area contributed by atoms with Crippen LogP contribution in [0.25, 0.3) is 0 Å². The summed E-state index contributed by atoms with van der Waals surface area (Å²) in [6, 6.07) is 10.5. The van der Waals surface area contributed by atoms with Gasteiger partial charge in [0.15, 0.2) is 5.78 Å². The number of hydrogen-bond acceptors (Lipinski definition) is 3. The van der Waals surface area contributed by atoms with Gasteiger partial charge in [0.25, 0.3) is 0 Å². The Morgan fingerprint density at radius 2 is 1.58 bits per heavy atom. The number of phenols is 1. The fourth-order valence-corrected chi connectivity index (χ4v) is 1.98. The average molecular weight is 277 g/mol. The molecule has 19 heavy (non-hydrogen) atoms. The molecule has 0 amide bonds. The zero-order chi connectivity index (χ0) is 14.0. The number of hydrogen-bond donors (Lipinski definition) is 2. The molecular weight excluding hydrogens is 268 g/mol. The van der Waals surface area contributed by atoms with E-state index < -0.39 is 23.1 Å². The van der Waals surface area contributed by atoms with Gasteiger partial charge in [-0.3, -0.25) is 4.79 Å². The standard InChI is InChI=1S/C14H9ClO4/c15-9-6-7-10(16)12(11(9)14(18)19)13(17)8-4-2-1-3-5-8/h1-7,16H,(H,18,19). The number of halogens is 1. The molecular formula is C14H9ClO4. The molecule has 96 valence electrons. The lowest BCUT2D eigenvalue weighted by atomic mass is 9.97. The van der Waals surface area contributed by atoms with Crippen LogP contribution >= 0.6 is 11.6 Å². The second kappa shape index (κ2) is 5.12. The quantitative estimate of drug-likeness (QED) is 0.845. The monoisotopic (exact) mass is 276 g/mol. The highest BCUT2D eigenvalue weighted by atomic mass is 35.5. The summed E-state index contributed by atoms with van der Waals surface area (Å²) in [6.07, 6.45) is 0. The summed E-state index contributed by atoms with van der Waals surface area (Å²) in [4.78, 5) is 23.4. The minimum Gasteiger partial charge on any atom is -0.507 e. The molecule has 2 N–H and O–H groups in total. The number of aromatic hydroxyl groups is 1. The molecule has 0 fully saturated rings. The summed E-state index contributed by atoms with van der Waals surface area (Å²) in [5.41, 5.74) is -0.413. The first kappa shape index (κ1) is 13.1. The molecule has 0 unspecified atom stereocenters. The summed E-state index contributed by atoms with van der Waals surface area (Å²) in [5, 5.41) is 18.8. The van der Waals surface area contributed by atoms with Gasteiger partial charge in [-0.2, -0.15) is 0 Å². The van der Waals surface area contributed by atoms with E-state index in [4.69, 9.17) is 16.7 Å². The Labute approximate surface area is 113 Å². The van der Waals surface area contributed by atoms with E-state index in [9.17, 15) is 14.7 Å². The van der Waals surface area contributed by atoms with Crippen LogP contribution in [0.4, 0.5) is 0 Å². The minimum absolute atomic E-state index is 0.0930. The molecule has 2 rings (SSSR count). The maximum absolute atomic E-state index is 12.3. The Kier molecular flexibility index (Phi) is 3.53. The summed E-state index contributed by atoms with van der Waals surface area (Å²) in [7, 11) is 0. The van der Waals surface area contributed by atoms with E-state index in [1.165, 1.54) is 24.3 Å². The van der Waals surface area contributed by atoms with Crippen LogP contribution in [-0.2, 0) is 0 Å². The van der Waals surface area contributed by atoms with Crippen LogP contribution in [0.1, 0.15) is 26.3 Å². The van der Waals surface area contributed by atoms with Crippen LogP contribution in [0.15, 0.2) is 42.5 Å². The molecule has 0 spiro atoms. The average Bonchev–Trinajstić information content (AvgIpc) is 2.41. The van der Waals surface area contributed by atoms with E-state index in [-0.39, 0.29) is 16.1 Å². The summed E-state index contributed by atoms with van der Waals surface area (Å²) in [5.74, 6) is -2.35.